The normalized spacial score (nSPS) is 23.1. The standard InChI is InChI=1S/C20H33N3.ClH/c1-17-9-11-18(12-10-17)22-14-15-23(19-6-3-2-4-7-19)20(16-22)8-5-13-21;/h9-12,19-20H,2-8,13-16,21H2,1H3;1H. The number of anilines is 1. The maximum absolute atomic E-state index is 5.80. The number of nitrogens with zero attached hydrogens (tertiary/aromatic N) is 2. The molecule has 1 aromatic carbocycles. The molecule has 0 aromatic heterocycles. The number of rotatable bonds is 5. The first-order chi connectivity index (χ1) is 11.3. The van der Waals surface area contributed by atoms with Gasteiger partial charge in [0.05, 0.1) is 0 Å². The van der Waals surface area contributed by atoms with Gasteiger partial charge in [0.25, 0.3) is 0 Å². The summed E-state index contributed by atoms with van der Waals surface area (Å²) in [5.74, 6) is 0. The highest BCUT2D eigenvalue weighted by Gasteiger charge is 2.32. The van der Waals surface area contributed by atoms with E-state index in [9.17, 15) is 0 Å². The second kappa shape index (κ2) is 9.65. The summed E-state index contributed by atoms with van der Waals surface area (Å²) in [6, 6.07) is 10.5. The molecule has 24 heavy (non-hydrogen) atoms. The molecule has 4 heteroatoms. The summed E-state index contributed by atoms with van der Waals surface area (Å²) < 4.78 is 0. The van der Waals surface area contributed by atoms with E-state index in [1.165, 1.54) is 69.4 Å². The largest absolute Gasteiger partial charge is 0.369 e. The smallest absolute Gasteiger partial charge is 0.0367 e. The maximum atomic E-state index is 5.80. The summed E-state index contributed by atoms with van der Waals surface area (Å²) >= 11 is 0. The van der Waals surface area contributed by atoms with E-state index in [-0.39, 0.29) is 12.4 Å². The van der Waals surface area contributed by atoms with Gasteiger partial charge in [-0.15, -0.1) is 12.4 Å². The van der Waals surface area contributed by atoms with E-state index in [2.05, 4.69) is 41.0 Å². The van der Waals surface area contributed by atoms with E-state index in [1.54, 1.807) is 0 Å². The van der Waals surface area contributed by atoms with Crippen LogP contribution < -0.4 is 10.6 Å². The Morgan fingerprint density at radius 1 is 1.04 bits per heavy atom. The molecular weight excluding hydrogens is 318 g/mol. The second-order valence-corrected chi connectivity index (χ2v) is 7.40. The van der Waals surface area contributed by atoms with Crippen LogP contribution in [0.4, 0.5) is 5.69 Å². The predicted molar refractivity (Wildman–Crippen MR) is 106 cm³/mol. The van der Waals surface area contributed by atoms with Gasteiger partial charge in [0.15, 0.2) is 0 Å². The molecule has 0 amide bonds. The van der Waals surface area contributed by atoms with Crippen LogP contribution in [-0.2, 0) is 0 Å². The molecule has 2 N–H and O–H groups in total. The minimum atomic E-state index is 0. The van der Waals surface area contributed by atoms with Gasteiger partial charge in [-0.05, 0) is 51.3 Å². The molecule has 0 spiro atoms. The first-order valence-electron chi connectivity index (χ1n) is 9.55. The zero-order valence-electron chi connectivity index (χ0n) is 15.1. The molecule has 1 saturated heterocycles. The number of halogens is 1. The van der Waals surface area contributed by atoms with Crippen molar-refractivity contribution in [2.24, 2.45) is 5.73 Å². The average molecular weight is 352 g/mol. The molecule has 0 radical (unpaired) electrons. The van der Waals surface area contributed by atoms with Gasteiger partial charge in [-0.2, -0.15) is 0 Å². The Kier molecular flexibility index (Phi) is 7.86. The van der Waals surface area contributed by atoms with Gasteiger partial charge >= 0.3 is 0 Å². The maximum Gasteiger partial charge on any atom is 0.0367 e. The van der Waals surface area contributed by atoms with Crippen LogP contribution in [0.3, 0.4) is 0 Å². The summed E-state index contributed by atoms with van der Waals surface area (Å²) in [5.41, 5.74) is 8.53. The monoisotopic (exact) mass is 351 g/mol. The van der Waals surface area contributed by atoms with Crippen molar-refractivity contribution < 1.29 is 0 Å². The number of aryl methyl sites for hydroxylation is 1. The lowest BCUT2D eigenvalue weighted by molar-refractivity contribution is 0.0863. The zero-order valence-corrected chi connectivity index (χ0v) is 15.9. The first-order valence-corrected chi connectivity index (χ1v) is 9.55. The van der Waals surface area contributed by atoms with Crippen molar-refractivity contribution in [1.82, 2.24) is 4.90 Å². The average Bonchev–Trinajstić information content (AvgIpc) is 2.61. The molecule has 1 unspecified atom stereocenters. The van der Waals surface area contributed by atoms with Crippen LogP contribution in [0.2, 0.25) is 0 Å². The van der Waals surface area contributed by atoms with E-state index in [4.69, 9.17) is 5.73 Å². The zero-order chi connectivity index (χ0) is 16.1. The predicted octanol–water partition coefficient (Wildman–Crippen LogP) is 3.98. The van der Waals surface area contributed by atoms with E-state index in [0.29, 0.717) is 6.04 Å². The van der Waals surface area contributed by atoms with E-state index in [1.807, 2.05) is 0 Å². The van der Waals surface area contributed by atoms with Crippen molar-refractivity contribution in [3.8, 4) is 0 Å². The van der Waals surface area contributed by atoms with Crippen LogP contribution in [-0.4, -0.2) is 43.2 Å². The Hall–Kier alpha value is -0.770. The molecule has 0 bridgehead atoms. The van der Waals surface area contributed by atoms with Gasteiger partial charge in [-0.25, -0.2) is 0 Å². The molecule has 1 saturated carbocycles. The third kappa shape index (κ3) is 4.87. The number of hydrogen-bond donors (Lipinski definition) is 1. The summed E-state index contributed by atoms with van der Waals surface area (Å²) in [6.07, 6.45) is 9.49. The van der Waals surface area contributed by atoms with Crippen molar-refractivity contribution in [2.45, 2.75) is 64.0 Å². The minimum absolute atomic E-state index is 0. The van der Waals surface area contributed by atoms with Gasteiger partial charge < -0.3 is 10.6 Å². The number of nitrogens with two attached hydrogens (primary N) is 1. The van der Waals surface area contributed by atoms with E-state index < -0.39 is 0 Å². The van der Waals surface area contributed by atoms with Crippen LogP contribution in [0.15, 0.2) is 24.3 Å². The number of benzene rings is 1. The molecular formula is C20H34ClN3. The van der Waals surface area contributed by atoms with Crippen LogP contribution in [0, 0.1) is 6.92 Å². The van der Waals surface area contributed by atoms with Gasteiger partial charge in [0.1, 0.15) is 0 Å². The number of hydrogen-bond acceptors (Lipinski definition) is 3. The van der Waals surface area contributed by atoms with Gasteiger partial charge in [-0.1, -0.05) is 37.0 Å². The second-order valence-electron chi connectivity index (χ2n) is 7.40. The molecule has 1 aromatic rings. The fourth-order valence-corrected chi connectivity index (χ4v) is 4.36. The molecule has 1 atom stereocenters. The summed E-state index contributed by atoms with van der Waals surface area (Å²) in [6.45, 7) is 6.53. The molecule has 2 aliphatic rings. The van der Waals surface area contributed by atoms with Crippen molar-refractivity contribution in [3.63, 3.8) is 0 Å². The first kappa shape index (κ1) is 19.6. The summed E-state index contributed by atoms with van der Waals surface area (Å²) in [7, 11) is 0. The van der Waals surface area contributed by atoms with Crippen LogP contribution in [0.5, 0.6) is 0 Å². The van der Waals surface area contributed by atoms with E-state index in [0.717, 1.165) is 19.0 Å². The third-order valence-electron chi connectivity index (χ3n) is 5.71. The molecule has 136 valence electrons. The van der Waals surface area contributed by atoms with Gasteiger partial charge in [-0.3, -0.25) is 4.90 Å². The molecule has 1 aliphatic heterocycles. The Balaban J connectivity index is 0.00000208. The molecule has 1 aliphatic carbocycles. The fourth-order valence-electron chi connectivity index (χ4n) is 4.36. The third-order valence-corrected chi connectivity index (χ3v) is 5.71. The van der Waals surface area contributed by atoms with Crippen LogP contribution >= 0.6 is 12.4 Å². The SMILES string of the molecule is Cc1ccc(N2CCN(C3CCCCC3)C(CCCN)C2)cc1.Cl. The van der Waals surface area contributed by atoms with Crippen LogP contribution in [0.25, 0.3) is 0 Å². The highest BCUT2D eigenvalue weighted by molar-refractivity contribution is 5.85. The minimum Gasteiger partial charge on any atom is -0.369 e. The van der Waals surface area contributed by atoms with Crippen molar-refractivity contribution >= 4 is 18.1 Å². The molecule has 3 nitrogen and oxygen atoms in total. The summed E-state index contributed by atoms with van der Waals surface area (Å²) in [4.78, 5) is 5.42. The lowest BCUT2D eigenvalue weighted by Crippen LogP contribution is -2.57. The molecule has 3 rings (SSSR count). The van der Waals surface area contributed by atoms with Crippen molar-refractivity contribution in [3.05, 3.63) is 29.8 Å². The highest BCUT2D eigenvalue weighted by Crippen LogP contribution is 2.29. The Bertz CT molecular complexity index is 470. The summed E-state index contributed by atoms with van der Waals surface area (Å²) in [5, 5.41) is 0. The van der Waals surface area contributed by atoms with Crippen molar-refractivity contribution in [2.75, 3.05) is 31.1 Å². The highest BCUT2D eigenvalue weighted by atomic mass is 35.5. The van der Waals surface area contributed by atoms with Crippen LogP contribution in [0.1, 0.15) is 50.5 Å². The molecule has 2 fully saturated rings. The Labute approximate surface area is 154 Å². The lowest BCUT2D eigenvalue weighted by atomic mass is 9.91. The molecule has 1 heterocycles. The van der Waals surface area contributed by atoms with Crippen molar-refractivity contribution in [1.29, 1.82) is 0 Å². The Morgan fingerprint density at radius 2 is 1.75 bits per heavy atom. The van der Waals surface area contributed by atoms with Gasteiger partial charge in [0.2, 0.25) is 0 Å². The quantitative estimate of drug-likeness (QED) is 0.870. The number of piperazine rings is 1. The fraction of sp³-hybridized carbons (Fsp3) is 0.700. The Morgan fingerprint density at radius 3 is 2.42 bits per heavy atom. The van der Waals surface area contributed by atoms with Gasteiger partial charge in [0, 0.05) is 37.4 Å². The lowest BCUT2D eigenvalue weighted by Gasteiger charge is -2.47. The topological polar surface area (TPSA) is 32.5 Å². The van der Waals surface area contributed by atoms with E-state index >= 15 is 0 Å².